The predicted molar refractivity (Wildman–Crippen MR) is 87.7 cm³/mol. The second-order valence-electron chi connectivity index (χ2n) is 6.49. The van der Waals surface area contributed by atoms with Gasteiger partial charge in [-0.15, -0.1) is 0 Å². The van der Waals surface area contributed by atoms with E-state index in [1.807, 2.05) is 0 Å². The Bertz CT molecular complexity index is 640. The molecule has 0 aliphatic heterocycles. The van der Waals surface area contributed by atoms with Crippen molar-refractivity contribution < 1.29 is 17.7 Å². The zero-order valence-corrected chi connectivity index (χ0v) is 15.1. The molecule has 23 heavy (non-hydrogen) atoms. The molecule has 0 unspecified atom stereocenters. The van der Waals surface area contributed by atoms with Gasteiger partial charge < -0.3 is 9.42 Å². The lowest BCUT2D eigenvalue weighted by atomic mass is 9.94. The summed E-state index contributed by atoms with van der Waals surface area (Å²) in [4.78, 5) is 14.2. The molecular weight excluding hydrogens is 316 g/mol. The van der Waals surface area contributed by atoms with E-state index in [0.29, 0.717) is 17.0 Å². The van der Waals surface area contributed by atoms with E-state index >= 15 is 0 Å². The average Bonchev–Trinajstić information content (AvgIpc) is 2.85. The molecule has 0 aromatic carbocycles. The number of hydrogen-bond donors (Lipinski definition) is 0. The van der Waals surface area contributed by atoms with Gasteiger partial charge >= 0.3 is 0 Å². The van der Waals surface area contributed by atoms with Gasteiger partial charge in [0, 0.05) is 18.7 Å². The third-order valence-electron chi connectivity index (χ3n) is 4.88. The topological polar surface area (TPSA) is 80.5 Å². The summed E-state index contributed by atoms with van der Waals surface area (Å²) in [6, 6.07) is 0.160. The Morgan fingerprint density at radius 2 is 1.91 bits per heavy atom. The molecule has 7 heteroatoms. The van der Waals surface area contributed by atoms with Crippen molar-refractivity contribution in [1.29, 1.82) is 0 Å². The smallest absolute Gasteiger partial charge is 0.240 e. The number of aryl methyl sites for hydroxylation is 2. The molecule has 1 aliphatic carbocycles. The summed E-state index contributed by atoms with van der Waals surface area (Å²) in [5.41, 5.74) is 1.12. The first-order valence-corrected chi connectivity index (χ1v) is 9.85. The lowest BCUT2D eigenvalue weighted by molar-refractivity contribution is -0.131. The van der Waals surface area contributed by atoms with Gasteiger partial charge in [0.05, 0.1) is 11.4 Å². The van der Waals surface area contributed by atoms with Crippen LogP contribution in [0.15, 0.2) is 4.52 Å². The summed E-state index contributed by atoms with van der Waals surface area (Å²) < 4.78 is 30.2. The van der Waals surface area contributed by atoms with Crippen molar-refractivity contribution in [3.05, 3.63) is 17.0 Å². The monoisotopic (exact) mass is 342 g/mol. The molecule has 1 amide bonds. The Labute approximate surface area is 138 Å². The second kappa shape index (κ2) is 7.03. The van der Waals surface area contributed by atoms with Gasteiger partial charge in [0.25, 0.3) is 0 Å². The van der Waals surface area contributed by atoms with Crippen molar-refractivity contribution in [2.75, 3.05) is 7.05 Å². The van der Waals surface area contributed by atoms with Crippen LogP contribution in [0.5, 0.6) is 0 Å². The van der Waals surface area contributed by atoms with Gasteiger partial charge in [-0.1, -0.05) is 24.4 Å². The highest BCUT2D eigenvalue weighted by atomic mass is 32.2. The van der Waals surface area contributed by atoms with Crippen LogP contribution in [0.4, 0.5) is 0 Å². The predicted octanol–water partition coefficient (Wildman–Crippen LogP) is 2.39. The number of nitrogens with zero attached hydrogens (tertiary/aromatic N) is 2. The van der Waals surface area contributed by atoms with Crippen molar-refractivity contribution in [2.45, 2.75) is 69.9 Å². The minimum absolute atomic E-state index is 0.160. The molecule has 0 bridgehead atoms. The van der Waals surface area contributed by atoms with Crippen LogP contribution in [0.25, 0.3) is 0 Å². The normalized spacial score (nSPS) is 17.9. The van der Waals surface area contributed by atoms with Gasteiger partial charge in [-0.3, -0.25) is 4.79 Å². The summed E-state index contributed by atoms with van der Waals surface area (Å²) in [5, 5.41) is 2.73. The molecule has 6 nitrogen and oxygen atoms in total. The number of rotatable bonds is 5. The Morgan fingerprint density at radius 3 is 2.43 bits per heavy atom. The molecule has 0 spiro atoms. The third-order valence-corrected chi connectivity index (χ3v) is 6.85. The Kier molecular flexibility index (Phi) is 5.49. The average molecular weight is 342 g/mol. The van der Waals surface area contributed by atoms with Gasteiger partial charge in [-0.05, 0) is 33.6 Å². The summed E-state index contributed by atoms with van der Waals surface area (Å²) in [7, 11) is -1.88. The second-order valence-corrected chi connectivity index (χ2v) is 8.81. The summed E-state index contributed by atoms with van der Waals surface area (Å²) in [5.74, 6) is -0.0328. The molecule has 2 rings (SSSR count). The number of sulfone groups is 1. The number of aromatic nitrogens is 1. The highest BCUT2D eigenvalue weighted by Gasteiger charge is 2.34. The van der Waals surface area contributed by atoms with E-state index in [2.05, 4.69) is 5.16 Å². The SMILES string of the molecule is Cc1noc(C)c1CS(=O)(=O)[C@H](C)C(=O)N(C)C1CCCCC1. The van der Waals surface area contributed by atoms with Crippen LogP contribution in [-0.4, -0.2) is 42.7 Å². The maximum absolute atomic E-state index is 12.6. The largest absolute Gasteiger partial charge is 0.361 e. The van der Waals surface area contributed by atoms with Crippen molar-refractivity contribution in [1.82, 2.24) is 10.1 Å². The summed E-state index contributed by atoms with van der Waals surface area (Å²) in [6.45, 7) is 4.88. The van der Waals surface area contributed by atoms with E-state index in [0.717, 1.165) is 25.7 Å². The number of carbonyl (C=O) groups is 1. The van der Waals surface area contributed by atoms with Gasteiger partial charge in [0.2, 0.25) is 5.91 Å². The minimum atomic E-state index is -3.60. The minimum Gasteiger partial charge on any atom is -0.361 e. The van der Waals surface area contributed by atoms with E-state index in [-0.39, 0.29) is 17.7 Å². The number of amides is 1. The fourth-order valence-corrected chi connectivity index (χ4v) is 4.66. The number of carbonyl (C=O) groups excluding carboxylic acids is 1. The lowest BCUT2D eigenvalue weighted by Gasteiger charge is -2.32. The maximum atomic E-state index is 12.6. The van der Waals surface area contributed by atoms with Crippen molar-refractivity contribution >= 4 is 15.7 Å². The van der Waals surface area contributed by atoms with Crippen LogP contribution in [-0.2, 0) is 20.4 Å². The van der Waals surface area contributed by atoms with Gasteiger partial charge in [0.1, 0.15) is 11.0 Å². The molecule has 0 radical (unpaired) electrons. The van der Waals surface area contributed by atoms with E-state index in [9.17, 15) is 13.2 Å². The van der Waals surface area contributed by atoms with E-state index in [4.69, 9.17) is 4.52 Å². The third kappa shape index (κ3) is 3.94. The highest BCUT2D eigenvalue weighted by molar-refractivity contribution is 7.92. The quantitative estimate of drug-likeness (QED) is 0.821. The standard InChI is InChI=1S/C16H26N2O4S/c1-11-15(12(2)22-17-11)10-23(20,21)13(3)16(19)18(4)14-8-6-5-7-9-14/h13-14H,5-10H2,1-4H3/t13-/m1/s1. The van der Waals surface area contributed by atoms with Gasteiger partial charge in [0.15, 0.2) is 9.84 Å². The summed E-state index contributed by atoms with van der Waals surface area (Å²) in [6.07, 6.45) is 5.31. The van der Waals surface area contributed by atoms with Crippen molar-refractivity contribution in [2.24, 2.45) is 0 Å². The van der Waals surface area contributed by atoms with Crippen LogP contribution in [0, 0.1) is 13.8 Å². The Hall–Kier alpha value is -1.37. The molecule has 1 aliphatic rings. The molecule has 0 N–H and O–H groups in total. The van der Waals surface area contributed by atoms with Crippen molar-refractivity contribution in [3.63, 3.8) is 0 Å². The Balaban J connectivity index is 2.10. The van der Waals surface area contributed by atoms with Crippen LogP contribution >= 0.6 is 0 Å². The summed E-state index contributed by atoms with van der Waals surface area (Å²) >= 11 is 0. The first-order valence-electron chi connectivity index (χ1n) is 8.14. The zero-order chi connectivity index (χ0) is 17.2. The van der Waals surface area contributed by atoms with Crippen LogP contribution < -0.4 is 0 Å². The highest BCUT2D eigenvalue weighted by Crippen LogP contribution is 2.24. The first-order chi connectivity index (χ1) is 10.7. The molecular formula is C16H26N2O4S. The molecule has 1 atom stereocenters. The molecule has 1 saturated carbocycles. The molecule has 1 aromatic heterocycles. The van der Waals surface area contributed by atoms with Crippen LogP contribution in [0.1, 0.15) is 56.0 Å². The lowest BCUT2D eigenvalue weighted by Crippen LogP contribution is -2.45. The molecule has 1 fully saturated rings. The zero-order valence-electron chi connectivity index (χ0n) is 14.3. The fourth-order valence-electron chi connectivity index (χ4n) is 3.12. The molecule has 1 heterocycles. The number of hydrogen-bond acceptors (Lipinski definition) is 5. The van der Waals surface area contributed by atoms with Gasteiger partial charge in [-0.25, -0.2) is 8.42 Å². The van der Waals surface area contributed by atoms with Crippen molar-refractivity contribution in [3.8, 4) is 0 Å². The van der Waals surface area contributed by atoms with Gasteiger partial charge in [-0.2, -0.15) is 0 Å². The molecule has 130 valence electrons. The molecule has 1 aromatic rings. The van der Waals surface area contributed by atoms with E-state index in [1.165, 1.54) is 13.3 Å². The maximum Gasteiger partial charge on any atom is 0.240 e. The van der Waals surface area contributed by atoms with Crippen LogP contribution in [0.3, 0.4) is 0 Å². The van der Waals surface area contributed by atoms with Crippen LogP contribution in [0.2, 0.25) is 0 Å². The van der Waals surface area contributed by atoms with E-state index < -0.39 is 15.1 Å². The molecule has 0 saturated heterocycles. The Morgan fingerprint density at radius 1 is 1.30 bits per heavy atom. The first kappa shape index (κ1) is 18.0. The fraction of sp³-hybridized carbons (Fsp3) is 0.750. The van der Waals surface area contributed by atoms with E-state index in [1.54, 1.807) is 25.8 Å².